The summed E-state index contributed by atoms with van der Waals surface area (Å²) in [6.07, 6.45) is 0.293. The Bertz CT molecular complexity index is 487. The highest BCUT2D eigenvalue weighted by atomic mass is 35.5. The first-order chi connectivity index (χ1) is 9.08. The maximum Gasteiger partial charge on any atom is 0.253 e. The molecular weight excluding hydrogens is 264 g/mol. The highest BCUT2D eigenvalue weighted by molar-refractivity contribution is 6.31. The second-order valence-corrected chi connectivity index (χ2v) is 5.19. The summed E-state index contributed by atoms with van der Waals surface area (Å²) < 4.78 is 5.11. The SMILES string of the molecule is CO[C@@H](CN)C(=O)N1CCc2ccc(Cl)c(C)c2C1. The van der Waals surface area contributed by atoms with Gasteiger partial charge in [0.2, 0.25) is 0 Å². The van der Waals surface area contributed by atoms with Crippen molar-refractivity contribution in [3.05, 3.63) is 33.8 Å². The van der Waals surface area contributed by atoms with Gasteiger partial charge >= 0.3 is 0 Å². The number of carbonyl (C=O) groups excluding carboxylic acids is 1. The Balaban J connectivity index is 2.22. The van der Waals surface area contributed by atoms with E-state index in [1.54, 1.807) is 4.90 Å². The standard InChI is InChI=1S/C14H19ClN2O2/c1-9-11-8-17(14(18)13(7-16)19-2)6-5-10(11)3-4-12(9)15/h3-4,13H,5-8,16H2,1-2H3/t13-/m0/s1. The van der Waals surface area contributed by atoms with E-state index in [9.17, 15) is 4.79 Å². The van der Waals surface area contributed by atoms with E-state index in [0.29, 0.717) is 13.1 Å². The summed E-state index contributed by atoms with van der Waals surface area (Å²) in [6.45, 7) is 3.48. The Morgan fingerprint density at radius 1 is 1.58 bits per heavy atom. The van der Waals surface area contributed by atoms with E-state index in [-0.39, 0.29) is 12.5 Å². The molecule has 1 aliphatic rings. The molecule has 1 aliphatic heterocycles. The van der Waals surface area contributed by atoms with Gasteiger partial charge in [-0.1, -0.05) is 17.7 Å². The quantitative estimate of drug-likeness (QED) is 0.914. The molecule has 0 spiro atoms. The molecule has 0 saturated carbocycles. The maximum absolute atomic E-state index is 12.3. The number of carbonyl (C=O) groups is 1. The van der Waals surface area contributed by atoms with Crippen molar-refractivity contribution in [2.75, 3.05) is 20.2 Å². The number of nitrogens with two attached hydrogens (primary N) is 1. The zero-order valence-corrected chi connectivity index (χ0v) is 12.0. The van der Waals surface area contributed by atoms with Crippen molar-refractivity contribution in [3.63, 3.8) is 0 Å². The van der Waals surface area contributed by atoms with Crippen LogP contribution in [0.2, 0.25) is 5.02 Å². The molecule has 0 saturated heterocycles. The van der Waals surface area contributed by atoms with Gasteiger partial charge in [0.25, 0.3) is 5.91 Å². The van der Waals surface area contributed by atoms with Crippen molar-refractivity contribution in [1.82, 2.24) is 4.90 Å². The lowest BCUT2D eigenvalue weighted by Gasteiger charge is -2.32. The number of benzene rings is 1. The fourth-order valence-corrected chi connectivity index (χ4v) is 2.63. The van der Waals surface area contributed by atoms with Gasteiger partial charge in [-0.05, 0) is 36.1 Å². The molecule has 4 nitrogen and oxygen atoms in total. The Morgan fingerprint density at radius 2 is 2.32 bits per heavy atom. The molecule has 0 radical (unpaired) electrons. The highest BCUT2D eigenvalue weighted by Gasteiger charge is 2.27. The van der Waals surface area contributed by atoms with Gasteiger partial charge in [0, 0.05) is 31.8 Å². The largest absolute Gasteiger partial charge is 0.370 e. The molecule has 0 aliphatic carbocycles. The van der Waals surface area contributed by atoms with Crippen LogP contribution in [-0.2, 0) is 22.5 Å². The van der Waals surface area contributed by atoms with Crippen LogP contribution in [0.3, 0.4) is 0 Å². The first-order valence-electron chi connectivity index (χ1n) is 6.37. The van der Waals surface area contributed by atoms with Crippen LogP contribution >= 0.6 is 11.6 Å². The van der Waals surface area contributed by atoms with Crippen LogP contribution in [0.4, 0.5) is 0 Å². The van der Waals surface area contributed by atoms with Gasteiger partial charge in [0.15, 0.2) is 0 Å². The van der Waals surface area contributed by atoms with Crippen LogP contribution in [0, 0.1) is 6.92 Å². The number of hydrogen-bond acceptors (Lipinski definition) is 3. The summed E-state index contributed by atoms with van der Waals surface area (Å²) >= 11 is 6.14. The third-order valence-electron chi connectivity index (χ3n) is 3.72. The van der Waals surface area contributed by atoms with Crippen LogP contribution in [0.1, 0.15) is 16.7 Å². The average Bonchev–Trinajstić information content (AvgIpc) is 2.44. The monoisotopic (exact) mass is 282 g/mol. The fourth-order valence-electron chi connectivity index (χ4n) is 2.45. The van der Waals surface area contributed by atoms with Crippen molar-refractivity contribution in [2.24, 2.45) is 5.73 Å². The zero-order valence-electron chi connectivity index (χ0n) is 11.3. The Labute approximate surface area is 118 Å². The fraction of sp³-hybridized carbons (Fsp3) is 0.500. The first-order valence-corrected chi connectivity index (χ1v) is 6.74. The van der Waals surface area contributed by atoms with Crippen LogP contribution in [0.15, 0.2) is 12.1 Å². The number of nitrogens with zero attached hydrogens (tertiary/aromatic N) is 1. The Kier molecular flexibility index (Phi) is 4.45. The van der Waals surface area contributed by atoms with Gasteiger partial charge < -0.3 is 15.4 Å². The smallest absolute Gasteiger partial charge is 0.253 e. The lowest BCUT2D eigenvalue weighted by molar-refractivity contribution is -0.142. The molecule has 0 aromatic heterocycles. The van der Waals surface area contributed by atoms with Crippen molar-refractivity contribution in [2.45, 2.75) is 26.0 Å². The first kappa shape index (κ1) is 14.3. The maximum atomic E-state index is 12.3. The number of ether oxygens (including phenoxy) is 1. The van der Waals surface area contributed by atoms with Gasteiger partial charge in [0.05, 0.1) is 0 Å². The molecule has 1 amide bonds. The summed E-state index contributed by atoms with van der Waals surface area (Å²) in [6, 6.07) is 3.97. The lowest BCUT2D eigenvalue weighted by Crippen LogP contribution is -2.45. The van der Waals surface area contributed by atoms with Gasteiger partial charge in [-0.3, -0.25) is 4.79 Å². The molecule has 0 bridgehead atoms. The van der Waals surface area contributed by atoms with E-state index < -0.39 is 6.10 Å². The van der Waals surface area contributed by atoms with Crippen molar-refractivity contribution < 1.29 is 9.53 Å². The van der Waals surface area contributed by atoms with Crippen molar-refractivity contribution >= 4 is 17.5 Å². The molecular formula is C14H19ClN2O2. The Morgan fingerprint density at radius 3 is 2.95 bits per heavy atom. The molecule has 104 valence electrons. The molecule has 1 heterocycles. The van der Waals surface area contributed by atoms with Crippen molar-refractivity contribution in [1.29, 1.82) is 0 Å². The second-order valence-electron chi connectivity index (χ2n) is 4.78. The molecule has 2 rings (SSSR count). The molecule has 0 unspecified atom stereocenters. The van der Waals surface area contributed by atoms with Gasteiger partial charge in [-0.25, -0.2) is 0 Å². The van der Waals surface area contributed by atoms with E-state index in [1.807, 2.05) is 19.1 Å². The van der Waals surface area contributed by atoms with Crippen LogP contribution < -0.4 is 5.73 Å². The average molecular weight is 283 g/mol. The minimum absolute atomic E-state index is 0.0463. The lowest BCUT2D eigenvalue weighted by atomic mass is 9.95. The van der Waals surface area contributed by atoms with Crippen LogP contribution in [-0.4, -0.2) is 37.1 Å². The zero-order chi connectivity index (χ0) is 14.0. The summed E-state index contributed by atoms with van der Waals surface area (Å²) in [5.74, 6) is -0.0463. The number of fused-ring (bicyclic) bond motifs is 1. The van der Waals surface area contributed by atoms with E-state index >= 15 is 0 Å². The summed E-state index contributed by atoms with van der Waals surface area (Å²) in [5.41, 5.74) is 9.02. The topological polar surface area (TPSA) is 55.6 Å². The normalized spacial score (nSPS) is 16.1. The van der Waals surface area contributed by atoms with Crippen LogP contribution in [0.25, 0.3) is 0 Å². The minimum Gasteiger partial charge on any atom is -0.370 e. The van der Waals surface area contributed by atoms with Gasteiger partial charge in [0.1, 0.15) is 6.10 Å². The third kappa shape index (κ3) is 2.76. The van der Waals surface area contributed by atoms with E-state index in [1.165, 1.54) is 12.7 Å². The molecule has 1 aromatic carbocycles. The summed E-state index contributed by atoms with van der Waals surface area (Å²) in [5, 5.41) is 0.746. The minimum atomic E-state index is -0.555. The number of halogens is 1. The molecule has 5 heteroatoms. The highest BCUT2D eigenvalue weighted by Crippen LogP contribution is 2.27. The molecule has 2 N–H and O–H groups in total. The molecule has 19 heavy (non-hydrogen) atoms. The van der Waals surface area contributed by atoms with Gasteiger partial charge in [-0.15, -0.1) is 0 Å². The predicted octanol–water partition coefficient (Wildman–Crippen LogP) is 1.51. The van der Waals surface area contributed by atoms with E-state index in [0.717, 1.165) is 22.6 Å². The number of amides is 1. The second kappa shape index (κ2) is 5.90. The van der Waals surface area contributed by atoms with Crippen molar-refractivity contribution in [3.8, 4) is 0 Å². The summed E-state index contributed by atoms with van der Waals surface area (Å²) in [4.78, 5) is 14.1. The predicted molar refractivity (Wildman–Crippen MR) is 75.2 cm³/mol. The van der Waals surface area contributed by atoms with E-state index in [4.69, 9.17) is 22.1 Å². The van der Waals surface area contributed by atoms with Gasteiger partial charge in [-0.2, -0.15) is 0 Å². The molecule has 1 atom stereocenters. The molecule has 1 aromatic rings. The van der Waals surface area contributed by atoms with E-state index in [2.05, 4.69) is 0 Å². The third-order valence-corrected chi connectivity index (χ3v) is 4.12. The molecule has 0 fully saturated rings. The summed E-state index contributed by atoms with van der Waals surface area (Å²) in [7, 11) is 1.51. The van der Waals surface area contributed by atoms with Crippen LogP contribution in [0.5, 0.6) is 0 Å². The Hall–Kier alpha value is -1.10. The number of rotatable bonds is 3. The number of methoxy groups -OCH3 is 1. The number of hydrogen-bond donors (Lipinski definition) is 1.